The maximum absolute atomic E-state index is 12.1. The van der Waals surface area contributed by atoms with Gasteiger partial charge in [0.2, 0.25) is 5.91 Å². The van der Waals surface area contributed by atoms with Crippen LogP contribution in [0.1, 0.15) is 53.4 Å². The zero-order valence-electron chi connectivity index (χ0n) is 12.4. The third kappa shape index (κ3) is 5.19. The van der Waals surface area contributed by atoms with Crippen LogP contribution >= 0.6 is 0 Å². The smallest absolute Gasteiger partial charge is 0.303 e. The molecule has 0 bridgehead atoms. The first-order valence-corrected chi connectivity index (χ1v) is 7.00. The second-order valence-corrected chi connectivity index (χ2v) is 6.27. The number of hydrogen-bond acceptors (Lipinski definition) is 3. The molecule has 2 unspecified atom stereocenters. The highest BCUT2D eigenvalue weighted by atomic mass is 16.4. The van der Waals surface area contributed by atoms with Gasteiger partial charge < -0.3 is 10.4 Å². The van der Waals surface area contributed by atoms with E-state index in [2.05, 4.69) is 24.1 Å². The number of carbonyl (C=O) groups excluding carboxylic acids is 1. The van der Waals surface area contributed by atoms with Gasteiger partial charge in [0.25, 0.3) is 0 Å². The number of nitrogens with zero attached hydrogens (tertiary/aromatic N) is 1. The molecule has 5 nitrogen and oxygen atoms in total. The van der Waals surface area contributed by atoms with Crippen LogP contribution in [0, 0.1) is 0 Å². The SMILES string of the molecule is CC1CCC(C)N1CC(=O)NC(C)(C)CCC(=O)O. The molecule has 1 saturated heterocycles. The van der Waals surface area contributed by atoms with Gasteiger partial charge in [-0.3, -0.25) is 14.5 Å². The van der Waals surface area contributed by atoms with Crippen LogP contribution in [-0.2, 0) is 9.59 Å². The molecule has 1 fully saturated rings. The summed E-state index contributed by atoms with van der Waals surface area (Å²) in [5.74, 6) is -0.847. The van der Waals surface area contributed by atoms with Crippen LogP contribution in [-0.4, -0.2) is 46.1 Å². The normalized spacial score (nSPS) is 24.4. The summed E-state index contributed by atoms with van der Waals surface area (Å²) in [6, 6.07) is 0.894. The average molecular weight is 270 g/mol. The lowest BCUT2D eigenvalue weighted by molar-refractivity contribution is -0.138. The molecule has 19 heavy (non-hydrogen) atoms. The second-order valence-electron chi connectivity index (χ2n) is 6.27. The lowest BCUT2D eigenvalue weighted by Gasteiger charge is -2.30. The first-order valence-electron chi connectivity index (χ1n) is 7.00. The van der Waals surface area contributed by atoms with Gasteiger partial charge in [0.15, 0.2) is 0 Å². The minimum absolute atomic E-state index is 0.0176. The molecular weight excluding hydrogens is 244 g/mol. The minimum Gasteiger partial charge on any atom is -0.481 e. The predicted molar refractivity (Wildman–Crippen MR) is 74.0 cm³/mol. The molecule has 0 aromatic rings. The number of nitrogens with one attached hydrogen (secondary N) is 1. The van der Waals surface area contributed by atoms with Crippen LogP contribution in [0.15, 0.2) is 0 Å². The fourth-order valence-corrected chi connectivity index (χ4v) is 2.62. The van der Waals surface area contributed by atoms with E-state index in [1.54, 1.807) is 0 Å². The van der Waals surface area contributed by atoms with Crippen molar-refractivity contribution in [2.45, 2.75) is 71.0 Å². The summed E-state index contributed by atoms with van der Waals surface area (Å²) in [6.45, 7) is 8.42. The molecule has 0 aromatic heterocycles. The summed E-state index contributed by atoms with van der Waals surface area (Å²) in [6.07, 6.45) is 2.79. The van der Waals surface area contributed by atoms with E-state index in [1.165, 1.54) is 0 Å². The second kappa shape index (κ2) is 6.37. The molecule has 0 aliphatic carbocycles. The Kier molecular flexibility index (Phi) is 5.35. The van der Waals surface area contributed by atoms with Gasteiger partial charge in [-0.25, -0.2) is 0 Å². The Balaban J connectivity index is 2.43. The van der Waals surface area contributed by atoms with E-state index in [9.17, 15) is 9.59 Å². The Labute approximate surface area is 115 Å². The number of amides is 1. The molecule has 5 heteroatoms. The van der Waals surface area contributed by atoms with Crippen LogP contribution in [0.3, 0.4) is 0 Å². The molecule has 2 atom stereocenters. The topological polar surface area (TPSA) is 69.6 Å². The Bertz CT molecular complexity index is 332. The molecule has 1 heterocycles. The van der Waals surface area contributed by atoms with Gasteiger partial charge >= 0.3 is 5.97 Å². The van der Waals surface area contributed by atoms with Crippen LogP contribution in [0.25, 0.3) is 0 Å². The molecule has 0 saturated carbocycles. The number of carboxylic acids is 1. The van der Waals surface area contributed by atoms with Gasteiger partial charge in [-0.1, -0.05) is 0 Å². The Morgan fingerprint density at radius 2 is 1.79 bits per heavy atom. The predicted octanol–water partition coefficient (Wildman–Crippen LogP) is 1.62. The summed E-state index contributed by atoms with van der Waals surface area (Å²) in [5.41, 5.74) is -0.471. The lowest BCUT2D eigenvalue weighted by atomic mass is 9.98. The Morgan fingerprint density at radius 1 is 1.26 bits per heavy atom. The summed E-state index contributed by atoms with van der Waals surface area (Å²) < 4.78 is 0. The maximum atomic E-state index is 12.1. The highest BCUT2D eigenvalue weighted by molar-refractivity contribution is 5.79. The molecule has 0 aromatic carbocycles. The molecule has 110 valence electrons. The molecule has 1 amide bonds. The molecular formula is C14H26N2O3. The van der Waals surface area contributed by atoms with Gasteiger partial charge in [0, 0.05) is 24.0 Å². The largest absolute Gasteiger partial charge is 0.481 e. The first kappa shape index (κ1) is 16.0. The standard InChI is InChI=1S/C14H26N2O3/c1-10-5-6-11(2)16(10)9-12(17)15-14(3,4)8-7-13(18)19/h10-11H,5-9H2,1-4H3,(H,15,17)(H,18,19). The van der Waals surface area contributed by atoms with E-state index in [1.807, 2.05) is 13.8 Å². The monoisotopic (exact) mass is 270 g/mol. The van der Waals surface area contributed by atoms with Crippen molar-refractivity contribution in [2.75, 3.05) is 6.54 Å². The minimum atomic E-state index is -0.830. The summed E-state index contributed by atoms with van der Waals surface area (Å²) in [4.78, 5) is 24.8. The third-order valence-electron chi connectivity index (χ3n) is 3.90. The van der Waals surface area contributed by atoms with Crippen molar-refractivity contribution in [1.29, 1.82) is 0 Å². The number of hydrogen-bond donors (Lipinski definition) is 2. The summed E-state index contributed by atoms with van der Waals surface area (Å²) >= 11 is 0. The molecule has 1 aliphatic rings. The van der Waals surface area contributed by atoms with E-state index in [4.69, 9.17) is 5.11 Å². The first-order chi connectivity index (χ1) is 8.71. The average Bonchev–Trinajstić information content (AvgIpc) is 2.57. The molecule has 0 radical (unpaired) electrons. The quantitative estimate of drug-likeness (QED) is 0.769. The van der Waals surface area contributed by atoms with Crippen molar-refractivity contribution in [3.05, 3.63) is 0 Å². The van der Waals surface area contributed by atoms with Crippen molar-refractivity contribution in [1.82, 2.24) is 10.2 Å². The van der Waals surface area contributed by atoms with Gasteiger partial charge in [0.1, 0.15) is 0 Å². The highest BCUT2D eigenvalue weighted by Gasteiger charge is 2.30. The third-order valence-corrected chi connectivity index (χ3v) is 3.90. The van der Waals surface area contributed by atoms with Crippen LogP contribution in [0.2, 0.25) is 0 Å². The molecule has 1 rings (SSSR count). The van der Waals surface area contributed by atoms with Crippen LogP contribution in [0.5, 0.6) is 0 Å². The number of rotatable bonds is 6. The van der Waals surface area contributed by atoms with Crippen molar-refractivity contribution >= 4 is 11.9 Å². The van der Waals surface area contributed by atoms with E-state index in [0.29, 0.717) is 25.0 Å². The Morgan fingerprint density at radius 3 is 2.26 bits per heavy atom. The maximum Gasteiger partial charge on any atom is 0.303 e. The number of carbonyl (C=O) groups is 2. The summed E-state index contributed by atoms with van der Waals surface area (Å²) in [7, 11) is 0. The fourth-order valence-electron chi connectivity index (χ4n) is 2.62. The van der Waals surface area contributed by atoms with Gasteiger partial charge in [0.05, 0.1) is 6.54 Å². The van der Waals surface area contributed by atoms with Crippen molar-refractivity contribution in [2.24, 2.45) is 0 Å². The van der Waals surface area contributed by atoms with Gasteiger partial charge in [-0.15, -0.1) is 0 Å². The van der Waals surface area contributed by atoms with Crippen molar-refractivity contribution in [3.63, 3.8) is 0 Å². The van der Waals surface area contributed by atoms with Crippen LogP contribution < -0.4 is 5.32 Å². The summed E-state index contributed by atoms with van der Waals surface area (Å²) in [5, 5.41) is 11.6. The zero-order chi connectivity index (χ0) is 14.6. The Hall–Kier alpha value is -1.10. The number of carboxylic acid groups (broad SMARTS) is 1. The van der Waals surface area contributed by atoms with Crippen molar-refractivity contribution in [3.8, 4) is 0 Å². The highest BCUT2D eigenvalue weighted by Crippen LogP contribution is 2.22. The molecule has 0 spiro atoms. The number of aliphatic carboxylic acids is 1. The zero-order valence-corrected chi connectivity index (χ0v) is 12.4. The van der Waals surface area contributed by atoms with E-state index in [0.717, 1.165) is 12.8 Å². The van der Waals surface area contributed by atoms with Crippen molar-refractivity contribution < 1.29 is 14.7 Å². The van der Waals surface area contributed by atoms with Gasteiger partial charge in [-0.05, 0) is 47.0 Å². The molecule has 2 N–H and O–H groups in total. The van der Waals surface area contributed by atoms with Crippen LogP contribution in [0.4, 0.5) is 0 Å². The van der Waals surface area contributed by atoms with E-state index in [-0.39, 0.29) is 12.3 Å². The van der Waals surface area contributed by atoms with E-state index < -0.39 is 11.5 Å². The number of likely N-dealkylation sites (tertiary alicyclic amines) is 1. The fraction of sp³-hybridized carbons (Fsp3) is 0.857. The van der Waals surface area contributed by atoms with E-state index >= 15 is 0 Å². The van der Waals surface area contributed by atoms with Gasteiger partial charge in [-0.2, -0.15) is 0 Å². The molecule has 1 aliphatic heterocycles. The lowest BCUT2D eigenvalue weighted by Crippen LogP contribution is -2.49.